The molecule has 1 rings (SSSR count). The Labute approximate surface area is 49.9 Å². The van der Waals surface area contributed by atoms with Crippen LogP contribution in [0.15, 0.2) is 18.7 Å². The zero-order chi connectivity index (χ0) is 6.24. The summed E-state index contributed by atoms with van der Waals surface area (Å²) in [5, 5.41) is 0. The standard InChI is InChI=1S/C3H4N2.F2S/c1-2-5-3-4-1;1-3-2/h1-3H,(H,4,5);. The molecule has 0 amide bonds. The molecule has 0 spiro atoms. The summed E-state index contributed by atoms with van der Waals surface area (Å²) >= 11 is -1.25. The van der Waals surface area contributed by atoms with Crippen LogP contribution in [0.2, 0.25) is 0 Å². The summed E-state index contributed by atoms with van der Waals surface area (Å²) in [5.74, 6) is 0. The van der Waals surface area contributed by atoms with Gasteiger partial charge in [0.2, 0.25) is 0 Å². The highest BCUT2D eigenvalue weighted by atomic mass is 32.2. The summed E-state index contributed by atoms with van der Waals surface area (Å²) in [6.07, 6.45) is 5.08. The van der Waals surface area contributed by atoms with E-state index in [9.17, 15) is 7.77 Å². The monoisotopic (exact) mass is 138 g/mol. The summed E-state index contributed by atoms with van der Waals surface area (Å²) in [6.45, 7) is 0. The molecule has 0 aliphatic rings. The van der Waals surface area contributed by atoms with E-state index >= 15 is 0 Å². The molecule has 0 bridgehead atoms. The number of nitrogens with one attached hydrogen (secondary N) is 1. The van der Waals surface area contributed by atoms with Crippen LogP contribution in [0.1, 0.15) is 0 Å². The molecule has 46 valence electrons. The lowest BCUT2D eigenvalue weighted by molar-refractivity contribution is 0.814. The highest BCUT2D eigenvalue weighted by Gasteiger charge is 1.56. The maximum absolute atomic E-state index is 9.54. The summed E-state index contributed by atoms with van der Waals surface area (Å²) in [4.78, 5) is 6.42. The van der Waals surface area contributed by atoms with Crippen LogP contribution in [0, 0.1) is 0 Å². The van der Waals surface area contributed by atoms with Crippen molar-refractivity contribution < 1.29 is 7.77 Å². The minimum absolute atomic E-state index is 1.25. The largest absolute Gasteiger partial charge is 0.351 e. The first-order valence-corrected chi connectivity index (χ1v) is 2.35. The lowest BCUT2D eigenvalue weighted by Crippen LogP contribution is -1.44. The number of H-pyrrole nitrogens is 1. The van der Waals surface area contributed by atoms with Crippen LogP contribution in [0.5, 0.6) is 0 Å². The molecule has 0 radical (unpaired) electrons. The number of aromatic amines is 1. The second-order valence-corrected chi connectivity index (χ2v) is 0.936. The fourth-order valence-electron chi connectivity index (χ4n) is 0.215. The SMILES string of the molecule is FSF.c1c[nH]cn1. The molecule has 1 heterocycles. The predicted molar refractivity (Wildman–Crippen MR) is 28.4 cm³/mol. The van der Waals surface area contributed by atoms with Gasteiger partial charge in [-0.2, -0.15) is 0 Å². The van der Waals surface area contributed by atoms with Crippen molar-refractivity contribution in [1.82, 2.24) is 9.97 Å². The van der Waals surface area contributed by atoms with Crippen LogP contribution in [0.3, 0.4) is 0 Å². The van der Waals surface area contributed by atoms with Crippen molar-refractivity contribution in [2.75, 3.05) is 0 Å². The van der Waals surface area contributed by atoms with Crippen LogP contribution < -0.4 is 0 Å². The van der Waals surface area contributed by atoms with E-state index in [1.54, 1.807) is 18.7 Å². The molecule has 2 nitrogen and oxygen atoms in total. The number of halogens is 2. The molecule has 0 unspecified atom stereocenters. The highest BCUT2D eigenvalue weighted by molar-refractivity contribution is 7.89. The van der Waals surface area contributed by atoms with Crippen LogP contribution in [-0.2, 0) is 0 Å². The van der Waals surface area contributed by atoms with E-state index in [-0.39, 0.29) is 0 Å². The van der Waals surface area contributed by atoms with E-state index in [1.807, 2.05) is 0 Å². The zero-order valence-corrected chi connectivity index (χ0v) is 4.66. The highest BCUT2D eigenvalue weighted by Crippen LogP contribution is 1.95. The van der Waals surface area contributed by atoms with Gasteiger partial charge in [-0.15, -0.1) is 7.77 Å². The van der Waals surface area contributed by atoms with Crippen molar-refractivity contribution in [1.29, 1.82) is 0 Å². The molecule has 0 aliphatic carbocycles. The molecule has 1 aromatic rings. The van der Waals surface area contributed by atoms with Gasteiger partial charge in [0.15, 0.2) is 0 Å². The third-order valence-corrected chi connectivity index (χ3v) is 0.406. The smallest absolute Gasteiger partial charge is 0.255 e. The average molecular weight is 138 g/mol. The minimum Gasteiger partial charge on any atom is -0.351 e. The molecule has 1 aromatic heterocycles. The first-order valence-electron chi connectivity index (χ1n) is 1.74. The topological polar surface area (TPSA) is 28.7 Å². The molecule has 0 atom stereocenters. The third-order valence-electron chi connectivity index (χ3n) is 0.406. The number of aromatic nitrogens is 2. The molecule has 0 fully saturated rings. The van der Waals surface area contributed by atoms with Crippen molar-refractivity contribution >= 4 is 12.5 Å². The van der Waals surface area contributed by atoms with Crippen LogP contribution in [-0.4, -0.2) is 9.97 Å². The maximum Gasteiger partial charge on any atom is 0.255 e. The lowest BCUT2D eigenvalue weighted by Gasteiger charge is -1.46. The molecular formula is C3H4F2N2S. The quantitative estimate of drug-likeness (QED) is 0.593. The second kappa shape index (κ2) is 6.42. The molecule has 8 heavy (non-hydrogen) atoms. The minimum atomic E-state index is -1.25. The van der Waals surface area contributed by atoms with Gasteiger partial charge in [0, 0.05) is 12.4 Å². The fourth-order valence-corrected chi connectivity index (χ4v) is 0.215. The van der Waals surface area contributed by atoms with Crippen molar-refractivity contribution in [2.45, 2.75) is 0 Å². The van der Waals surface area contributed by atoms with Crippen molar-refractivity contribution in [3.8, 4) is 0 Å². The van der Waals surface area contributed by atoms with Crippen molar-refractivity contribution in [3.63, 3.8) is 0 Å². The Morgan fingerprint density at radius 3 is 2.25 bits per heavy atom. The molecule has 5 heteroatoms. The van der Waals surface area contributed by atoms with Gasteiger partial charge in [-0.3, -0.25) is 0 Å². The Balaban J connectivity index is 0.000000145. The third kappa shape index (κ3) is 5.42. The van der Waals surface area contributed by atoms with Crippen molar-refractivity contribution in [3.05, 3.63) is 18.7 Å². The van der Waals surface area contributed by atoms with E-state index in [2.05, 4.69) is 9.97 Å². The van der Waals surface area contributed by atoms with Gasteiger partial charge >= 0.3 is 0 Å². The molecular weight excluding hydrogens is 134 g/mol. The Morgan fingerprint density at radius 1 is 1.50 bits per heavy atom. The van der Waals surface area contributed by atoms with E-state index in [0.29, 0.717) is 0 Å². The normalized spacial score (nSPS) is 7.25. The maximum atomic E-state index is 9.54. The first kappa shape index (κ1) is 7.42. The van der Waals surface area contributed by atoms with E-state index in [1.165, 1.54) is 0 Å². The number of nitrogens with zero attached hydrogens (tertiary/aromatic N) is 1. The second-order valence-electron chi connectivity index (χ2n) is 0.819. The number of hydrogen-bond acceptors (Lipinski definition) is 2. The van der Waals surface area contributed by atoms with Gasteiger partial charge in [-0.1, -0.05) is 0 Å². The predicted octanol–water partition coefficient (Wildman–Crippen LogP) is 1.90. The molecule has 0 aliphatic heterocycles. The van der Waals surface area contributed by atoms with Gasteiger partial charge in [-0.25, -0.2) is 4.98 Å². The first-order chi connectivity index (χ1) is 3.91. The van der Waals surface area contributed by atoms with Crippen LogP contribution in [0.25, 0.3) is 0 Å². The van der Waals surface area contributed by atoms with Gasteiger partial charge in [0.25, 0.3) is 12.5 Å². The molecule has 0 saturated carbocycles. The number of rotatable bonds is 0. The fraction of sp³-hybridized carbons (Fsp3) is 0. The summed E-state index contributed by atoms with van der Waals surface area (Å²) in [6, 6.07) is 0. The van der Waals surface area contributed by atoms with Crippen molar-refractivity contribution in [2.24, 2.45) is 0 Å². The van der Waals surface area contributed by atoms with Gasteiger partial charge in [-0.05, 0) is 0 Å². The van der Waals surface area contributed by atoms with Crippen LogP contribution in [0.4, 0.5) is 7.77 Å². The Morgan fingerprint density at radius 2 is 2.12 bits per heavy atom. The zero-order valence-electron chi connectivity index (χ0n) is 3.84. The van der Waals surface area contributed by atoms with Gasteiger partial charge in [0.1, 0.15) is 0 Å². The van der Waals surface area contributed by atoms with E-state index < -0.39 is 12.5 Å². The molecule has 0 aromatic carbocycles. The summed E-state index contributed by atoms with van der Waals surface area (Å²) in [7, 11) is 0. The molecule has 0 saturated heterocycles. The number of hydrogen-bond donors (Lipinski definition) is 1. The van der Waals surface area contributed by atoms with Gasteiger partial charge < -0.3 is 4.98 Å². The molecule has 1 N–H and O–H groups in total. The summed E-state index contributed by atoms with van der Waals surface area (Å²) in [5.41, 5.74) is 0. The van der Waals surface area contributed by atoms with E-state index in [4.69, 9.17) is 0 Å². The number of imidazole rings is 1. The lowest BCUT2D eigenvalue weighted by atomic mass is 11.0. The van der Waals surface area contributed by atoms with E-state index in [0.717, 1.165) is 0 Å². The summed E-state index contributed by atoms with van der Waals surface area (Å²) < 4.78 is 19.1. The Kier molecular flexibility index (Phi) is 5.95. The van der Waals surface area contributed by atoms with Gasteiger partial charge in [0.05, 0.1) is 6.33 Å². The van der Waals surface area contributed by atoms with Crippen LogP contribution >= 0.6 is 12.5 Å². The average Bonchev–Trinajstić information content (AvgIpc) is 2.17. The Hall–Kier alpha value is -0.580. The Bertz CT molecular complexity index is 82.2.